The van der Waals surface area contributed by atoms with E-state index in [4.69, 9.17) is 4.74 Å². The number of aryl methyl sites for hydroxylation is 1. The molecule has 3 heterocycles. The Morgan fingerprint density at radius 3 is 2.92 bits per heavy atom. The highest BCUT2D eigenvalue weighted by Crippen LogP contribution is 2.21. The molecule has 0 N–H and O–H groups in total. The van der Waals surface area contributed by atoms with Gasteiger partial charge < -0.3 is 9.30 Å². The van der Waals surface area contributed by atoms with Gasteiger partial charge >= 0.3 is 0 Å². The number of nitrogens with zero attached hydrogens (tertiary/aromatic N) is 4. The molecule has 0 spiro atoms. The highest BCUT2D eigenvalue weighted by molar-refractivity contribution is 5.67. The van der Waals surface area contributed by atoms with Crippen molar-refractivity contribution >= 4 is 11.2 Å². The van der Waals surface area contributed by atoms with Gasteiger partial charge in [-0.25, -0.2) is 4.39 Å². The summed E-state index contributed by atoms with van der Waals surface area (Å²) in [6, 6.07) is 6.25. The summed E-state index contributed by atoms with van der Waals surface area (Å²) in [6.45, 7) is 3.36. The minimum Gasteiger partial charge on any atom is -0.373 e. The van der Waals surface area contributed by atoms with E-state index in [0.717, 1.165) is 29.9 Å². The largest absolute Gasteiger partial charge is 0.373 e. The molecule has 0 radical (unpaired) electrons. The van der Waals surface area contributed by atoms with Crippen molar-refractivity contribution in [2.75, 3.05) is 13.2 Å². The lowest BCUT2D eigenvalue weighted by Gasteiger charge is -2.13. The first kappa shape index (κ1) is 16.7. The van der Waals surface area contributed by atoms with E-state index in [1.165, 1.54) is 12.1 Å². The first-order valence-corrected chi connectivity index (χ1v) is 8.66. The normalized spacial score (nSPS) is 14.2. The number of hydrogen-bond acceptors (Lipinski definition) is 4. The molecule has 3 aromatic rings. The highest BCUT2D eigenvalue weighted by Gasteiger charge is 2.19. The topological polar surface area (TPSA) is 61.4 Å². The summed E-state index contributed by atoms with van der Waals surface area (Å²) in [4.78, 5) is 12.9. The maximum Gasteiger partial charge on any atom is 0.296 e. The van der Waals surface area contributed by atoms with Gasteiger partial charge in [0.2, 0.25) is 5.65 Å². The molecule has 1 aromatic carbocycles. The molecule has 2 aromatic heterocycles. The van der Waals surface area contributed by atoms with Crippen molar-refractivity contribution in [2.24, 2.45) is 0 Å². The molecule has 0 saturated carbocycles. The van der Waals surface area contributed by atoms with Crippen LogP contribution in [0.2, 0.25) is 0 Å². The quantitative estimate of drug-likeness (QED) is 0.706. The summed E-state index contributed by atoms with van der Waals surface area (Å²) in [6.07, 6.45) is 5.43. The third kappa shape index (κ3) is 2.94. The number of rotatable bonds is 5. The lowest BCUT2D eigenvalue weighted by molar-refractivity contribution is 0.216. The Kier molecular flexibility index (Phi) is 4.38. The van der Waals surface area contributed by atoms with E-state index in [1.807, 2.05) is 10.5 Å². The monoisotopic (exact) mass is 354 g/mol. The second-order valence-electron chi connectivity index (χ2n) is 6.35. The summed E-state index contributed by atoms with van der Waals surface area (Å²) in [5, 5.41) is 8.34. The number of aromatic nitrogens is 4. The number of fused-ring (bicyclic) bond motifs is 1. The van der Waals surface area contributed by atoms with Crippen LogP contribution in [0.25, 0.3) is 11.2 Å². The maximum atomic E-state index is 13.5. The molecule has 6 nitrogen and oxygen atoms in total. The molecule has 0 unspecified atom stereocenters. The van der Waals surface area contributed by atoms with Gasteiger partial charge in [0.25, 0.3) is 5.56 Å². The average Bonchev–Trinajstić information content (AvgIpc) is 3.28. The molecule has 0 atom stereocenters. The van der Waals surface area contributed by atoms with Gasteiger partial charge in [-0.3, -0.25) is 9.20 Å². The fourth-order valence-electron chi connectivity index (χ4n) is 3.23. The van der Waals surface area contributed by atoms with E-state index in [0.29, 0.717) is 18.8 Å². The van der Waals surface area contributed by atoms with E-state index in [2.05, 4.69) is 17.1 Å². The van der Waals surface area contributed by atoms with Gasteiger partial charge in [-0.2, -0.15) is 0 Å². The van der Waals surface area contributed by atoms with E-state index < -0.39 is 0 Å². The Bertz CT molecular complexity index is 1050. The molecular weight excluding hydrogens is 335 g/mol. The second kappa shape index (κ2) is 6.84. The first-order valence-electron chi connectivity index (χ1n) is 8.66. The summed E-state index contributed by atoms with van der Waals surface area (Å²) < 4.78 is 22.3. The molecule has 4 rings (SSSR count). The second-order valence-corrected chi connectivity index (χ2v) is 6.35. The lowest BCUT2D eigenvalue weighted by atomic mass is 10.2. The SMILES string of the molecule is CCCc1nnc2c(=O)n(Cc3cccc(F)c3)cc(C3=CCOC3)n12. The van der Waals surface area contributed by atoms with Crippen molar-refractivity contribution in [2.45, 2.75) is 26.3 Å². The van der Waals surface area contributed by atoms with Crippen LogP contribution in [0.1, 0.15) is 30.4 Å². The molecule has 0 saturated heterocycles. The fourth-order valence-corrected chi connectivity index (χ4v) is 3.23. The van der Waals surface area contributed by atoms with Crippen molar-refractivity contribution in [1.29, 1.82) is 0 Å². The van der Waals surface area contributed by atoms with Crippen molar-refractivity contribution in [3.8, 4) is 0 Å². The molecule has 7 heteroatoms. The minimum atomic E-state index is -0.323. The molecule has 26 heavy (non-hydrogen) atoms. The predicted molar refractivity (Wildman–Crippen MR) is 95.5 cm³/mol. The van der Waals surface area contributed by atoms with E-state index in [9.17, 15) is 9.18 Å². The Morgan fingerprint density at radius 2 is 2.19 bits per heavy atom. The van der Waals surface area contributed by atoms with Crippen molar-refractivity contribution in [3.05, 3.63) is 69.8 Å². The number of ether oxygens (including phenoxy) is 1. The number of hydrogen-bond donors (Lipinski definition) is 0. The third-order valence-corrected chi connectivity index (χ3v) is 4.45. The smallest absolute Gasteiger partial charge is 0.296 e. The van der Waals surface area contributed by atoms with Gasteiger partial charge in [0.15, 0.2) is 0 Å². The third-order valence-electron chi connectivity index (χ3n) is 4.45. The zero-order valence-corrected chi connectivity index (χ0v) is 14.5. The summed E-state index contributed by atoms with van der Waals surface area (Å²) >= 11 is 0. The Hall–Kier alpha value is -2.80. The standard InChI is InChI=1S/C19H19FN4O2/c1-2-4-17-21-22-18-19(25)23(10-13-5-3-6-15(20)9-13)11-16(24(17)18)14-7-8-26-12-14/h3,5-7,9,11H,2,4,8,10,12H2,1H3. The van der Waals surface area contributed by atoms with Crippen LogP contribution in [0, 0.1) is 5.82 Å². The lowest BCUT2D eigenvalue weighted by Crippen LogP contribution is -2.25. The Morgan fingerprint density at radius 1 is 1.31 bits per heavy atom. The Labute approximate surface area is 149 Å². The van der Waals surface area contributed by atoms with Crippen LogP contribution in [0.5, 0.6) is 0 Å². The molecular formula is C19H19FN4O2. The van der Waals surface area contributed by atoms with Crippen molar-refractivity contribution < 1.29 is 9.13 Å². The van der Waals surface area contributed by atoms with Crippen LogP contribution in [-0.2, 0) is 17.7 Å². The molecule has 134 valence electrons. The maximum absolute atomic E-state index is 13.5. The molecule has 0 aliphatic carbocycles. The number of halogens is 1. The molecule has 0 fully saturated rings. The highest BCUT2D eigenvalue weighted by atomic mass is 19.1. The van der Waals surface area contributed by atoms with Crippen LogP contribution < -0.4 is 5.56 Å². The van der Waals surface area contributed by atoms with Crippen molar-refractivity contribution in [3.63, 3.8) is 0 Å². The average molecular weight is 354 g/mol. The van der Waals surface area contributed by atoms with Crippen molar-refractivity contribution in [1.82, 2.24) is 19.2 Å². The summed E-state index contributed by atoms with van der Waals surface area (Å²) in [5.74, 6) is 0.441. The predicted octanol–water partition coefficient (Wildman–Crippen LogP) is 2.44. The zero-order chi connectivity index (χ0) is 18.1. The molecule has 0 amide bonds. The molecule has 0 bridgehead atoms. The number of benzene rings is 1. The van der Waals surface area contributed by atoms with E-state index >= 15 is 0 Å². The van der Waals surface area contributed by atoms with Gasteiger partial charge in [-0.1, -0.05) is 25.1 Å². The van der Waals surface area contributed by atoms with Gasteiger partial charge in [0, 0.05) is 18.2 Å². The van der Waals surface area contributed by atoms with Gasteiger partial charge in [0.1, 0.15) is 11.6 Å². The molecule has 1 aliphatic heterocycles. The Balaban J connectivity index is 1.89. The van der Waals surface area contributed by atoms with E-state index in [1.54, 1.807) is 22.9 Å². The van der Waals surface area contributed by atoms with Crippen LogP contribution in [0.4, 0.5) is 4.39 Å². The van der Waals surface area contributed by atoms with Crippen LogP contribution in [0.3, 0.4) is 0 Å². The van der Waals surface area contributed by atoms with E-state index in [-0.39, 0.29) is 23.6 Å². The minimum absolute atomic E-state index is 0.243. The fraction of sp³-hybridized carbons (Fsp3) is 0.316. The summed E-state index contributed by atoms with van der Waals surface area (Å²) in [7, 11) is 0. The first-order chi connectivity index (χ1) is 12.7. The van der Waals surface area contributed by atoms with Gasteiger partial charge in [-0.05, 0) is 24.1 Å². The van der Waals surface area contributed by atoms with Gasteiger partial charge in [-0.15, -0.1) is 10.2 Å². The zero-order valence-electron chi connectivity index (χ0n) is 14.5. The van der Waals surface area contributed by atoms with Gasteiger partial charge in [0.05, 0.1) is 25.5 Å². The van der Waals surface area contributed by atoms with Crippen LogP contribution in [-0.4, -0.2) is 32.4 Å². The molecule has 1 aliphatic rings. The van der Waals surface area contributed by atoms with Crippen LogP contribution in [0.15, 0.2) is 41.3 Å². The van der Waals surface area contributed by atoms with Crippen LogP contribution >= 0.6 is 0 Å². The summed E-state index contributed by atoms with van der Waals surface area (Å²) in [5.41, 5.74) is 2.61.